The number of carbonyl (C=O) groups is 1. The SMILES string of the molecule is CCCCC1C(c2ccccc2)=NN(c2ccccc2)C1(C)C(N)=O. The maximum atomic E-state index is 12.6. The van der Waals surface area contributed by atoms with Gasteiger partial charge >= 0.3 is 0 Å². The zero-order valence-corrected chi connectivity index (χ0v) is 14.9. The fraction of sp³-hybridized carbons (Fsp3) is 0.333. The van der Waals surface area contributed by atoms with Crippen LogP contribution in [0.15, 0.2) is 65.8 Å². The normalized spacial score (nSPS) is 22.7. The molecule has 1 heterocycles. The molecule has 2 N–H and O–H groups in total. The molecule has 25 heavy (non-hydrogen) atoms. The zero-order valence-electron chi connectivity index (χ0n) is 14.9. The lowest BCUT2D eigenvalue weighted by atomic mass is 9.77. The summed E-state index contributed by atoms with van der Waals surface area (Å²) in [5.74, 6) is -0.375. The maximum absolute atomic E-state index is 12.6. The molecule has 1 amide bonds. The van der Waals surface area contributed by atoms with E-state index in [0.29, 0.717) is 0 Å². The quantitative estimate of drug-likeness (QED) is 0.868. The van der Waals surface area contributed by atoms with Crippen molar-refractivity contribution in [2.24, 2.45) is 16.8 Å². The second-order valence-electron chi connectivity index (χ2n) is 6.71. The fourth-order valence-electron chi connectivity index (χ4n) is 3.56. The number of rotatable bonds is 6. The van der Waals surface area contributed by atoms with Crippen molar-refractivity contribution in [2.45, 2.75) is 38.6 Å². The molecule has 4 nitrogen and oxygen atoms in total. The topological polar surface area (TPSA) is 58.7 Å². The standard InChI is InChI=1S/C21H25N3O/c1-3-4-15-18-19(16-11-7-5-8-12-16)23-24(21(18,2)20(22)25)17-13-9-6-10-14-17/h5-14,18H,3-4,15H2,1-2H3,(H2,22,25). The van der Waals surface area contributed by atoms with E-state index in [1.165, 1.54) is 0 Å². The first-order chi connectivity index (χ1) is 12.1. The number of carbonyl (C=O) groups excluding carboxylic acids is 1. The molecular formula is C21H25N3O. The Balaban J connectivity index is 2.12. The minimum atomic E-state index is -0.873. The van der Waals surface area contributed by atoms with Crippen LogP contribution >= 0.6 is 0 Å². The van der Waals surface area contributed by atoms with Gasteiger partial charge in [-0.25, -0.2) is 5.01 Å². The van der Waals surface area contributed by atoms with Crippen LogP contribution in [0, 0.1) is 5.92 Å². The fourth-order valence-corrected chi connectivity index (χ4v) is 3.56. The molecule has 2 unspecified atom stereocenters. The van der Waals surface area contributed by atoms with Crippen LogP contribution in [0.25, 0.3) is 0 Å². The van der Waals surface area contributed by atoms with Crippen molar-refractivity contribution >= 4 is 17.3 Å². The number of primary amides is 1. The summed E-state index contributed by atoms with van der Waals surface area (Å²) in [5.41, 5.74) is 7.91. The second-order valence-corrected chi connectivity index (χ2v) is 6.71. The summed E-state index contributed by atoms with van der Waals surface area (Å²) in [7, 11) is 0. The molecular weight excluding hydrogens is 310 g/mol. The van der Waals surface area contributed by atoms with Gasteiger partial charge in [0.2, 0.25) is 5.91 Å². The van der Waals surface area contributed by atoms with Gasteiger partial charge in [-0.1, -0.05) is 68.3 Å². The smallest absolute Gasteiger partial charge is 0.245 e. The van der Waals surface area contributed by atoms with Gasteiger partial charge in [0.15, 0.2) is 0 Å². The summed E-state index contributed by atoms with van der Waals surface area (Å²) in [6.07, 6.45) is 2.98. The molecule has 1 aliphatic rings. The highest BCUT2D eigenvalue weighted by Gasteiger charge is 2.52. The highest BCUT2D eigenvalue weighted by atomic mass is 16.2. The summed E-state index contributed by atoms with van der Waals surface area (Å²) in [6.45, 7) is 4.08. The summed E-state index contributed by atoms with van der Waals surface area (Å²) < 4.78 is 0. The Morgan fingerprint density at radius 2 is 1.72 bits per heavy atom. The number of hydrazone groups is 1. The van der Waals surface area contributed by atoms with Crippen molar-refractivity contribution in [1.82, 2.24) is 0 Å². The molecule has 0 aromatic heterocycles. The first kappa shape index (κ1) is 17.2. The monoisotopic (exact) mass is 335 g/mol. The number of benzene rings is 2. The summed E-state index contributed by atoms with van der Waals surface area (Å²) in [6, 6.07) is 19.9. The van der Waals surface area contributed by atoms with Crippen LogP contribution in [0.1, 0.15) is 38.7 Å². The lowest BCUT2D eigenvalue weighted by Gasteiger charge is -2.36. The Bertz CT molecular complexity index is 757. The molecule has 0 fully saturated rings. The maximum Gasteiger partial charge on any atom is 0.245 e. The number of amides is 1. The van der Waals surface area contributed by atoms with E-state index in [1.807, 2.05) is 72.6 Å². The van der Waals surface area contributed by atoms with Gasteiger partial charge in [0, 0.05) is 5.92 Å². The average Bonchev–Trinajstić information content (AvgIpc) is 2.95. The average molecular weight is 335 g/mol. The van der Waals surface area contributed by atoms with Gasteiger partial charge in [-0.15, -0.1) is 0 Å². The van der Waals surface area contributed by atoms with Gasteiger partial charge in [0.25, 0.3) is 0 Å². The number of hydrogen-bond acceptors (Lipinski definition) is 3. The molecule has 0 bridgehead atoms. The van der Waals surface area contributed by atoms with Crippen molar-refractivity contribution in [3.05, 3.63) is 66.2 Å². The second kappa shape index (κ2) is 7.09. The van der Waals surface area contributed by atoms with Crippen molar-refractivity contribution in [1.29, 1.82) is 0 Å². The van der Waals surface area contributed by atoms with Gasteiger partial charge in [0.1, 0.15) is 5.54 Å². The summed E-state index contributed by atoms with van der Waals surface area (Å²) in [4.78, 5) is 12.6. The Labute approximate surface area is 149 Å². The first-order valence-corrected chi connectivity index (χ1v) is 8.88. The predicted octanol–water partition coefficient (Wildman–Crippen LogP) is 3.96. The minimum absolute atomic E-state index is 0.0347. The van der Waals surface area contributed by atoms with Crippen LogP contribution in [0.2, 0.25) is 0 Å². The van der Waals surface area contributed by atoms with Crippen molar-refractivity contribution in [3.8, 4) is 0 Å². The van der Waals surface area contributed by atoms with E-state index in [2.05, 4.69) is 6.92 Å². The van der Waals surface area contributed by atoms with E-state index in [9.17, 15) is 4.79 Å². The molecule has 0 radical (unpaired) electrons. The highest BCUT2D eigenvalue weighted by Crippen LogP contribution is 2.41. The molecule has 2 aromatic carbocycles. The third-order valence-corrected chi connectivity index (χ3v) is 5.07. The molecule has 0 saturated heterocycles. The lowest BCUT2D eigenvalue weighted by molar-refractivity contribution is -0.123. The Morgan fingerprint density at radius 1 is 1.12 bits per heavy atom. The highest BCUT2D eigenvalue weighted by molar-refractivity contribution is 6.10. The van der Waals surface area contributed by atoms with Crippen LogP contribution < -0.4 is 10.7 Å². The van der Waals surface area contributed by atoms with E-state index >= 15 is 0 Å². The van der Waals surface area contributed by atoms with E-state index in [4.69, 9.17) is 10.8 Å². The van der Waals surface area contributed by atoms with Crippen molar-refractivity contribution < 1.29 is 4.79 Å². The number of para-hydroxylation sites is 1. The number of anilines is 1. The summed E-state index contributed by atoms with van der Waals surface area (Å²) in [5, 5.41) is 6.70. The van der Waals surface area contributed by atoms with E-state index in [0.717, 1.165) is 36.2 Å². The van der Waals surface area contributed by atoms with Crippen LogP contribution in [-0.2, 0) is 4.79 Å². The van der Waals surface area contributed by atoms with Crippen LogP contribution in [0.5, 0.6) is 0 Å². The van der Waals surface area contributed by atoms with Gasteiger partial charge in [-0.2, -0.15) is 5.10 Å². The molecule has 0 aliphatic carbocycles. The molecule has 4 heteroatoms. The number of unbranched alkanes of at least 4 members (excludes halogenated alkanes) is 1. The Kier molecular flexibility index (Phi) is 4.88. The van der Waals surface area contributed by atoms with Gasteiger partial charge in [0.05, 0.1) is 11.4 Å². The van der Waals surface area contributed by atoms with Crippen molar-refractivity contribution in [2.75, 3.05) is 5.01 Å². The number of nitrogens with zero attached hydrogens (tertiary/aromatic N) is 2. The van der Waals surface area contributed by atoms with E-state index in [-0.39, 0.29) is 11.8 Å². The number of nitrogens with two attached hydrogens (primary N) is 1. The molecule has 0 saturated carbocycles. The van der Waals surface area contributed by atoms with Crippen LogP contribution in [0.4, 0.5) is 5.69 Å². The molecule has 2 atom stereocenters. The molecule has 2 aromatic rings. The molecule has 0 spiro atoms. The largest absolute Gasteiger partial charge is 0.368 e. The van der Waals surface area contributed by atoms with E-state index in [1.54, 1.807) is 0 Å². The van der Waals surface area contributed by atoms with Crippen molar-refractivity contribution in [3.63, 3.8) is 0 Å². The molecule has 1 aliphatic heterocycles. The number of hydrogen-bond donors (Lipinski definition) is 1. The lowest BCUT2D eigenvalue weighted by Crippen LogP contribution is -2.56. The first-order valence-electron chi connectivity index (χ1n) is 8.88. The molecule has 3 rings (SSSR count). The van der Waals surface area contributed by atoms with Crippen LogP contribution in [-0.4, -0.2) is 17.2 Å². The van der Waals surface area contributed by atoms with Crippen LogP contribution in [0.3, 0.4) is 0 Å². The third-order valence-electron chi connectivity index (χ3n) is 5.07. The van der Waals surface area contributed by atoms with Gasteiger partial charge < -0.3 is 5.73 Å². The third kappa shape index (κ3) is 3.04. The molecule has 130 valence electrons. The van der Waals surface area contributed by atoms with Gasteiger partial charge in [-0.3, -0.25) is 4.79 Å². The van der Waals surface area contributed by atoms with E-state index < -0.39 is 5.54 Å². The minimum Gasteiger partial charge on any atom is -0.368 e. The summed E-state index contributed by atoms with van der Waals surface area (Å²) >= 11 is 0. The Hall–Kier alpha value is -2.62. The van der Waals surface area contributed by atoms with Gasteiger partial charge in [-0.05, 0) is 31.0 Å². The Morgan fingerprint density at radius 3 is 2.28 bits per heavy atom. The predicted molar refractivity (Wildman–Crippen MR) is 103 cm³/mol. The zero-order chi connectivity index (χ0) is 17.9.